The van der Waals surface area contributed by atoms with Crippen LogP contribution in [0, 0.1) is 11.8 Å². The molecule has 2 rings (SSSR count). The topological polar surface area (TPSA) is 26.0 Å². The minimum Gasteiger partial charge on any atom is -0.325 e. The Balaban J connectivity index is 1.95. The van der Waals surface area contributed by atoms with Crippen LogP contribution in [0.4, 0.5) is 0 Å². The van der Waals surface area contributed by atoms with Gasteiger partial charge in [0.2, 0.25) is 0 Å². The SMILES string of the molecule is CC1CCC(C)C(N)(CCc2ccsc2)C1. The van der Waals surface area contributed by atoms with Crippen LogP contribution in [0.15, 0.2) is 16.8 Å². The monoisotopic (exact) mass is 237 g/mol. The van der Waals surface area contributed by atoms with E-state index in [1.54, 1.807) is 11.3 Å². The third kappa shape index (κ3) is 2.67. The molecule has 0 bridgehead atoms. The van der Waals surface area contributed by atoms with Crippen molar-refractivity contribution in [1.29, 1.82) is 0 Å². The second-order valence-electron chi connectivity index (χ2n) is 5.65. The van der Waals surface area contributed by atoms with Gasteiger partial charge in [0.05, 0.1) is 0 Å². The van der Waals surface area contributed by atoms with Gasteiger partial charge >= 0.3 is 0 Å². The minimum atomic E-state index is 0.0829. The summed E-state index contributed by atoms with van der Waals surface area (Å²) in [5.74, 6) is 1.49. The largest absolute Gasteiger partial charge is 0.325 e. The van der Waals surface area contributed by atoms with Gasteiger partial charge in [0.1, 0.15) is 0 Å². The molecule has 0 spiro atoms. The molecule has 1 nitrogen and oxygen atoms in total. The van der Waals surface area contributed by atoms with E-state index >= 15 is 0 Å². The van der Waals surface area contributed by atoms with Gasteiger partial charge in [-0.05, 0) is 59.9 Å². The van der Waals surface area contributed by atoms with E-state index < -0.39 is 0 Å². The van der Waals surface area contributed by atoms with Gasteiger partial charge in [-0.15, -0.1) is 0 Å². The lowest BCUT2D eigenvalue weighted by molar-refractivity contribution is 0.151. The predicted octanol–water partition coefficient (Wildman–Crippen LogP) is 3.83. The van der Waals surface area contributed by atoms with Crippen molar-refractivity contribution in [1.82, 2.24) is 0 Å². The molecule has 1 aromatic heterocycles. The smallest absolute Gasteiger partial charge is 0.0185 e. The molecular weight excluding hydrogens is 214 g/mol. The zero-order valence-corrected chi connectivity index (χ0v) is 11.2. The average molecular weight is 237 g/mol. The molecule has 1 aliphatic carbocycles. The Labute approximate surface area is 103 Å². The Morgan fingerprint density at radius 3 is 2.94 bits per heavy atom. The summed E-state index contributed by atoms with van der Waals surface area (Å²) in [6.45, 7) is 4.68. The highest BCUT2D eigenvalue weighted by atomic mass is 32.1. The van der Waals surface area contributed by atoms with Crippen molar-refractivity contribution in [3.05, 3.63) is 22.4 Å². The lowest BCUT2D eigenvalue weighted by Gasteiger charge is -2.42. The molecule has 90 valence electrons. The molecular formula is C14H23NS. The minimum absolute atomic E-state index is 0.0829. The Hall–Kier alpha value is -0.340. The summed E-state index contributed by atoms with van der Waals surface area (Å²) in [5.41, 5.74) is 8.15. The number of aryl methyl sites for hydroxylation is 1. The quantitative estimate of drug-likeness (QED) is 0.849. The van der Waals surface area contributed by atoms with E-state index in [-0.39, 0.29) is 5.54 Å². The summed E-state index contributed by atoms with van der Waals surface area (Å²) in [4.78, 5) is 0. The molecule has 0 radical (unpaired) electrons. The lowest BCUT2D eigenvalue weighted by Crippen LogP contribution is -2.50. The van der Waals surface area contributed by atoms with Crippen LogP contribution in [0.3, 0.4) is 0 Å². The van der Waals surface area contributed by atoms with Gasteiger partial charge in [0, 0.05) is 5.54 Å². The van der Waals surface area contributed by atoms with E-state index in [4.69, 9.17) is 5.73 Å². The van der Waals surface area contributed by atoms with E-state index in [0.717, 1.165) is 18.8 Å². The van der Waals surface area contributed by atoms with Crippen molar-refractivity contribution >= 4 is 11.3 Å². The molecule has 1 aromatic rings. The first kappa shape index (κ1) is 12.1. The molecule has 16 heavy (non-hydrogen) atoms. The normalized spacial score (nSPS) is 35.2. The molecule has 0 saturated heterocycles. The van der Waals surface area contributed by atoms with Crippen molar-refractivity contribution < 1.29 is 0 Å². The highest BCUT2D eigenvalue weighted by Gasteiger charge is 2.36. The Kier molecular flexibility index (Phi) is 3.70. The van der Waals surface area contributed by atoms with Gasteiger partial charge in [0.25, 0.3) is 0 Å². The van der Waals surface area contributed by atoms with Crippen molar-refractivity contribution in [3.63, 3.8) is 0 Å². The van der Waals surface area contributed by atoms with E-state index in [0.29, 0.717) is 5.92 Å². The number of hydrogen-bond donors (Lipinski definition) is 1. The summed E-state index contributed by atoms with van der Waals surface area (Å²) in [6, 6.07) is 2.23. The number of rotatable bonds is 3. The first-order chi connectivity index (χ1) is 7.60. The van der Waals surface area contributed by atoms with E-state index in [1.807, 2.05) is 0 Å². The van der Waals surface area contributed by atoms with Crippen molar-refractivity contribution in [2.45, 2.75) is 51.5 Å². The Morgan fingerprint density at radius 2 is 2.25 bits per heavy atom. The molecule has 0 aliphatic heterocycles. The van der Waals surface area contributed by atoms with Crippen LogP contribution in [0.1, 0.15) is 45.1 Å². The van der Waals surface area contributed by atoms with Gasteiger partial charge in [-0.25, -0.2) is 0 Å². The molecule has 0 aromatic carbocycles. The van der Waals surface area contributed by atoms with Crippen LogP contribution >= 0.6 is 11.3 Å². The molecule has 1 heterocycles. The second-order valence-corrected chi connectivity index (χ2v) is 6.43. The van der Waals surface area contributed by atoms with Gasteiger partial charge in [-0.1, -0.05) is 20.3 Å². The van der Waals surface area contributed by atoms with Crippen LogP contribution in [0.5, 0.6) is 0 Å². The summed E-state index contributed by atoms with van der Waals surface area (Å²) in [5, 5.41) is 4.41. The maximum atomic E-state index is 6.61. The highest BCUT2D eigenvalue weighted by molar-refractivity contribution is 7.07. The maximum Gasteiger partial charge on any atom is 0.0185 e. The fourth-order valence-corrected chi connectivity index (χ4v) is 3.64. The Bertz CT molecular complexity index is 319. The average Bonchev–Trinajstić information content (AvgIpc) is 2.74. The molecule has 0 amide bonds. The molecule has 1 aliphatic rings. The predicted molar refractivity (Wildman–Crippen MR) is 71.7 cm³/mol. The third-order valence-corrected chi connectivity index (χ3v) is 4.99. The zero-order chi connectivity index (χ0) is 11.6. The Morgan fingerprint density at radius 1 is 1.44 bits per heavy atom. The maximum absolute atomic E-state index is 6.61. The third-order valence-electron chi connectivity index (χ3n) is 4.26. The summed E-state index contributed by atoms with van der Waals surface area (Å²) in [7, 11) is 0. The lowest BCUT2D eigenvalue weighted by atomic mass is 9.68. The molecule has 2 heteroatoms. The van der Waals surface area contributed by atoms with Crippen LogP contribution in [0.2, 0.25) is 0 Å². The summed E-state index contributed by atoms with van der Waals surface area (Å²) in [6.07, 6.45) is 6.17. The first-order valence-electron chi connectivity index (χ1n) is 6.40. The van der Waals surface area contributed by atoms with Crippen molar-refractivity contribution in [3.8, 4) is 0 Å². The molecule has 3 unspecified atom stereocenters. The molecule has 1 saturated carbocycles. The zero-order valence-electron chi connectivity index (χ0n) is 10.4. The second kappa shape index (κ2) is 4.89. The molecule has 2 N–H and O–H groups in total. The summed E-state index contributed by atoms with van der Waals surface area (Å²) >= 11 is 1.79. The van der Waals surface area contributed by atoms with Gasteiger partial charge < -0.3 is 5.73 Å². The van der Waals surface area contributed by atoms with Crippen LogP contribution in [-0.2, 0) is 6.42 Å². The van der Waals surface area contributed by atoms with E-state index in [1.165, 1.54) is 24.8 Å². The fourth-order valence-electron chi connectivity index (χ4n) is 2.93. The summed E-state index contributed by atoms with van der Waals surface area (Å²) < 4.78 is 0. The fraction of sp³-hybridized carbons (Fsp3) is 0.714. The highest BCUT2D eigenvalue weighted by Crippen LogP contribution is 2.37. The van der Waals surface area contributed by atoms with Crippen LogP contribution in [-0.4, -0.2) is 5.54 Å². The van der Waals surface area contributed by atoms with E-state index in [9.17, 15) is 0 Å². The van der Waals surface area contributed by atoms with Crippen LogP contribution in [0.25, 0.3) is 0 Å². The van der Waals surface area contributed by atoms with E-state index in [2.05, 4.69) is 30.7 Å². The number of nitrogens with two attached hydrogens (primary N) is 1. The number of hydrogen-bond acceptors (Lipinski definition) is 2. The first-order valence-corrected chi connectivity index (χ1v) is 7.34. The van der Waals surface area contributed by atoms with Gasteiger partial charge in [0.15, 0.2) is 0 Å². The molecule has 3 atom stereocenters. The van der Waals surface area contributed by atoms with Gasteiger partial charge in [-0.2, -0.15) is 11.3 Å². The molecule has 1 fully saturated rings. The van der Waals surface area contributed by atoms with Gasteiger partial charge in [-0.3, -0.25) is 0 Å². The number of thiophene rings is 1. The van der Waals surface area contributed by atoms with Crippen molar-refractivity contribution in [2.75, 3.05) is 0 Å². The van der Waals surface area contributed by atoms with Crippen molar-refractivity contribution in [2.24, 2.45) is 17.6 Å². The van der Waals surface area contributed by atoms with Crippen LogP contribution < -0.4 is 5.73 Å². The standard InChI is InChI=1S/C14H23NS/c1-11-3-4-12(2)14(15,9-11)7-5-13-6-8-16-10-13/h6,8,10-12H,3-5,7,9,15H2,1-2H3.